The Morgan fingerprint density at radius 3 is 2.58 bits per heavy atom. The Labute approximate surface area is 122 Å². The molecule has 0 aromatic heterocycles. The molecule has 0 radical (unpaired) electrons. The molecule has 2 aromatic carbocycles. The molecule has 1 aliphatic carbocycles. The van der Waals surface area contributed by atoms with Gasteiger partial charge < -0.3 is 5.73 Å². The first-order valence-electron chi connectivity index (χ1n) is 6.88. The van der Waals surface area contributed by atoms with Gasteiger partial charge in [0.25, 0.3) is 0 Å². The lowest BCUT2D eigenvalue weighted by atomic mass is 9.89. The molecule has 1 nitrogen and oxygen atoms in total. The van der Waals surface area contributed by atoms with Crippen LogP contribution in [0.5, 0.6) is 0 Å². The highest BCUT2D eigenvalue weighted by molar-refractivity contribution is 9.10. The van der Waals surface area contributed by atoms with Crippen molar-refractivity contribution in [2.75, 3.05) is 0 Å². The van der Waals surface area contributed by atoms with Gasteiger partial charge in [0.1, 0.15) is 0 Å². The summed E-state index contributed by atoms with van der Waals surface area (Å²) in [6.45, 7) is 0. The van der Waals surface area contributed by atoms with Crippen LogP contribution in [0.4, 0.5) is 0 Å². The van der Waals surface area contributed by atoms with Crippen molar-refractivity contribution in [1.29, 1.82) is 0 Å². The van der Waals surface area contributed by atoms with E-state index in [1.165, 1.54) is 41.2 Å². The van der Waals surface area contributed by atoms with Crippen LogP contribution < -0.4 is 5.73 Å². The van der Waals surface area contributed by atoms with Gasteiger partial charge >= 0.3 is 0 Å². The number of halogens is 1. The van der Waals surface area contributed by atoms with Crippen molar-refractivity contribution in [2.45, 2.75) is 31.7 Å². The summed E-state index contributed by atoms with van der Waals surface area (Å²) in [5.74, 6) is 0. The number of allylic oxidation sites excluding steroid dienone is 1. The van der Waals surface area contributed by atoms with Gasteiger partial charge in [-0.25, -0.2) is 0 Å². The van der Waals surface area contributed by atoms with Gasteiger partial charge in [-0.15, -0.1) is 0 Å². The summed E-state index contributed by atoms with van der Waals surface area (Å²) in [5, 5.41) is 2.51. The number of benzene rings is 2. The van der Waals surface area contributed by atoms with Crippen LogP contribution in [-0.2, 0) is 0 Å². The lowest BCUT2D eigenvalue weighted by Gasteiger charge is -2.20. The first-order chi connectivity index (χ1) is 9.24. The van der Waals surface area contributed by atoms with E-state index in [4.69, 9.17) is 5.73 Å². The zero-order valence-corrected chi connectivity index (χ0v) is 12.5. The molecule has 0 amide bonds. The highest BCUT2D eigenvalue weighted by atomic mass is 79.9. The Morgan fingerprint density at radius 2 is 1.79 bits per heavy atom. The zero-order chi connectivity index (χ0) is 13.2. The molecule has 2 aromatic rings. The maximum absolute atomic E-state index is 6.41. The van der Waals surface area contributed by atoms with Gasteiger partial charge in [-0.05, 0) is 60.2 Å². The average molecular weight is 316 g/mol. The lowest BCUT2D eigenvalue weighted by Crippen LogP contribution is -2.14. The molecule has 0 aliphatic heterocycles. The first kappa shape index (κ1) is 12.9. The largest absolute Gasteiger partial charge is 0.321 e. The molecule has 0 saturated heterocycles. The number of hydrogen-bond acceptors (Lipinski definition) is 1. The number of hydrogen-bond donors (Lipinski definition) is 1. The highest BCUT2D eigenvalue weighted by Crippen LogP contribution is 2.30. The number of nitrogens with two attached hydrogens (primary N) is 1. The van der Waals surface area contributed by atoms with Gasteiger partial charge in [0.15, 0.2) is 0 Å². The van der Waals surface area contributed by atoms with Crippen molar-refractivity contribution in [3.8, 4) is 0 Å². The summed E-state index contributed by atoms with van der Waals surface area (Å²) < 4.78 is 1.12. The van der Waals surface area contributed by atoms with Gasteiger partial charge in [0, 0.05) is 4.47 Å². The van der Waals surface area contributed by atoms with Crippen molar-refractivity contribution in [1.82, 2.24) is 0 Å². The normalized spacial score (nSPS) is 17.3. The van der Waals surface area contributed by atoms with E-state index in [-0.39, 0.29) is 6.04 Å². The Kier molecular flexibility index (Phi) is 3.72. The summed E-state index contributed by atoms with van der Waals surface area (Å²) in [6, 6.07) is 13.0. The first-order valence-corrected chi connectivity index (χ1v) is 7.67. The Bertz CT molecular complexity index is 630. The van der Waals surface area contributed by atoms with E-state index >= 15 is 0 Å². The van der Waals surface area contributed by atoms with E-state index < -0.39 is 0 Å². The van der Waals surface area contributed by atoms with Crippen LogP contribution in [0.3, 0.4) is 0 Å². The molecule has 0 saturated carbocycles. The molecular weight excluding hydrogens is 298 g/mol. The summed E-state index contributed by atoms with van der Waals surface area (Å²) in [4.78, 5) is 0. The fourth-order valence-electron chi connectivity index (χ4n) is 2.79. The van der Waals surface area contributed by atoms with Gasteiger partial charge in [-0.3, -0.25) is 0 Å². The predicted molar refractivity (Wildman–Crippen MR) is 85.1 cm³/mol. The van der Waals surface area contributed by atoms with Crippen molar-refractivity contribution >= 4 is 26.7 Å². The molecule has 98 valence electrons. The third kappa shape index (κ3) is 2.75. The summed E-state index contributed by atoms with van der Waals surface area (Å²) in [7, 11) is 0. The average Bonchev–Trinajstić information content (AvgIpc) is 2.47. The molecule has 2 N–H and O–H groups in total. The van der Waals surface area contributed by atoms with Crippen molar-refractivity contribution in [3.63, 3.8) is 0 Å². The monoisotopic (exact) mass is 315 g/mol. The Hall–Kier alpha value is -1.12. The second kappa shape index (κ2) is 5.48. The van der Waals surface area contributed by atoms with Gasteiger partial charge in [-0.1, -0.05) is 45.8 Å². The van der Waals surface area contributed by atoms with E-state index in [0.29, 0.717) is 0 Å². The molecule has 1 aliphatic rings. The molecule has 0 bridgehead atoms. The highest BCUT2D eigenvalue weighted by Gasteiger charge is 2.14. The molecule has 1 unspecified atom stereocenters. The maximum atomic E-state index is 6.41. The van der Waals surface area contributed by atoms with Crippen molar-refractivity contribution < 1.29 is 0 Å². The molecular formula is C17H18BrN. The molecule has 19 heavy (non-hydrogen) atoms. The SMILES string of the molecule is NC(C1=CCCCC1)c1ccc2cc(Br)ccc2c1. The fraction of sp³-hybridized carbons (Fsp3) is 0.294. The third-order valence-electron chi connectivity index (χ3n) is 3.91. The van der Waals surface area contributed by atoms with Crippen LogP contribution in [0, 0.1) is 0 Å². The molecule has 0 heterocycles. The van der Waals surface area contributed by atoms with E-state index in [0.717, 1.165) is 10.9 Å². The Balaban J connectivity index is 1.96. The van der Waals surface area contributed by atoms with E-state index in [1.54, 1.807) is 0 Å². The molecule has 1 atom stereocenters. The Morgan fingerprint density at radius 1 is 1.00 bits per heavy atom. The molecule has 3 rings (SSSR count). The molecule has 0 fully saturated rings. The van der Waals surface area contributed by atoms with E-state index in [2.05, 4.69) is 58.4 Å². The number of fused-ring (bicyclic) bond motifs is 1. The van der Waals surface area contributed by atoms with E-state index in [1.807, 2.05) is 0 Å². The summed E-state index contributed by atoms with van der Waals surface area (Å²) >= 11 is 3.51. The minimum Gasteiger partial charge on any atom is -0.321 e. The van der Waals surface area contributed by atoms with Gasteiger partial charge in [0.2, 0.25) is 0 Å². The van der Waals surface area contributed by atoms with E-state index in [9.17, 15) is 0 Å². The standard InChI is InChI=1S/C17H18BrN/c18-16-9-8-13-10-15(7-6-14(13)11-16)17(19)12-4-2-1-3-5-12/h4,6-11,17H,1-3,5,19H2. The molecule has 0 spiro atoms. The minimum absolute atomic E-state index is 0.0633. The van der Waals surface area contributed by atoms with Crippen LogP contribution in [-0.4, -0.2) is 0 Å². The third-order valence-corrected chi connectivity index (χ3v) is 4.40. The topological polar surface area (TPSA) is 26.0 Å². The summed E-state index contributed by atoms with van der Waals surface area (Å²) in [5.41, 5.74) is 9.04. The van der Waals surface area contributed by atoms with Gasteiger partial charge in [0.05, 0.1) is 6.04 Å². The second-order valence-electron chi connectivity index (χ2n) is 5.25. The smallest absolute Gasteiger partial charge is 0.0511 e. The number of rotatable bonds is 2. The summed E-state index contributed by atoms with van der Waals surface area (Å²) in [6.07, 6.45) is 7.26. The second-order valence-corrected chi connectivity index (χ2v) is 6.17. The maximum Gasteiger partial charge on any atom is 0.0511 e. The van der Waals surface area contributed by atoms with Crippen LogP contribution in [0.15, 0.2) is 52.5 Å². The van der Waals surface area contributed by atoms with Crippen LogP contribution in [0.1, 0.15) is 37.3 Å². The quantitative estimate of drug-likeness (QED) is 0.766. The predicted octanol–water partition coefficient (Wildman–Crippen LogP) is 5.10. The van der Waals surface area contributed by atoms with Crippen LogP contribution in [0.25, 0.3) is 10.8 Å². The van der Waals surface area contributed by atoms with Crippen molar-refractivity contribution in [3.05, 3.63) is 58.1 Å². The zero-order valence-electron chi connectivity index (χ0n) is 10.9. The van der Waals surface area contributed by atoms with Crippen LogP contribution in [0.2, 0.25) is 0 Å². The van der Waals surface area contributed by atoms with Crippen molar-refractivity contribution in [2.24, 2.45) is 5.73 Å². The van der Waals surface area contributed by atoms with Crippen LogP contribution >= 0.6 is 15.9 Å². The lowest BCUT2D eigenvalue weighted by molar-refractivity contribution is 0.648. The molecule has 2 heteroatoms. The minimum atomic E-state index is 0.0633. The fourth-order valence-corrected chi connectivity index (χ4v) is 3.17. The van der Waals surface area contributed by atoms with Gasteiger partial charge in [-0.2, -0.15) is 0 Å².